The van der Waals surface area contributed by atoms with Crippen molar-refractivity contribution in [2.75, 3.05) is 13.3 Å². The van der Waals surface area contributed by atoms with Gasteiger partial charge in [-0.1, -0.05) is 0 Å². The molecule has 0 aliphatic rings. The SMILES string of the molecule is C[C@H](O)C(=O)OCCCF. The molecule has 0 unspecified atom stereocenters. The lowest BCUT2D eigenvalue weighted by molar-refractivity contribution is -0.152. The molecule has 0 rings (SSSR count). The van der Waals surface area contributed by atoms with Gasteiger partial charge >= 0.3 is 5.97 Å². The Bertz CT molecular complexity index is 103. The highest BCUT2D eigenvalue weighted by Gasteiger charge is 2.08. The number of aliphatic hydroxyl groups excluding tert-OH is 1. The second kappa shape index (κ2) is 5.17. The van der Waals surface area contributed by atoms with Crippen LogP contribution in [0.5, 0.6) is 0 Å². The molecule has 0 saturated carbocycles. The van der Waals surface area contributed by atoms with Crippen LogP contribution in [0, 0.1) is 0 Å². The van der Waals surface area contributed by atoms with Crippen molar-refractivity contribution in [3.05, 3.63) is 0 Å². The molecule has 10 heavy (non-hydrogen) atoms. The molecule has 0 heterocycles. The Morgan fingerprint density at radius 2 is 2.40 bits per heavy atom. The molecule has 60 valence electrons. The van der Waals surface area contributed by atoms with Crippen LogP contribution in [-0.2, 0) is 9.53 Å². The minimum absolute atomic E-state index is 0.0419. The van der Waals surface area contributed by atoms with Gasteiger partial charge in [0.1, 0.15) is 6.10 Å². The lowest BCUT2D eigenvalue weighted by Crippen LogP contribution is -2.19. The number of aliphatic hydroxyl groups is 1. The van der Waals surface area contributed by atoms with Crippen LogP contribution in [0.4, 0.5) is 4.39 Å². The Labute approximate surface area is 58.8 Å². The summed E-state index contributed by atoms with van der Waals surface area (Å²) in [4.78, 5) is 10.4. The fourth-order valence-electron chi connectivity index (χ4n) is 0.348. The Morgan fingerprint density at radius 3 is 2.80 bits per heavy atom. The molecule has 0 fully saturated rings. The van der Waals surface area contributed by atoms with Crippen molar-refractivity contribution in [1.82, 2.24) is 0 Å². The molecule has 0 bridgehead atoms. The zero-order valence-electron chi connectivity index (χ0n) is 5.84. The summed E-state index contributed by atoms with van der Waals surface area (Å²) in [5.74, 6) is -0.701. The van der Waals surface area contributed by atoms with E-state index in [1.54, 1.807) is 0 Å². The van der Waals surface area contributed by atoms with Gasteiger partial charge in [-0.25, -0.2) is 4.79 Å². The van der Waals surface area contributed by atoms with Crippen molar-refractivity contribution < 1.29 is 19.0 Å². The molecule has 0 aromatic carbocycles. The number of ether oxygens (including phenoxy) is 1. The van der Waals surface area contributed by atoms with Crippen molar-refractivity contribution in [3.63, 3.8) is 0 Å². The summed E-state index contributed by atoms with van der Waals surface area (Å²) >= 11 is 0. The van der Waals surface area contributed by atoms with Gasteiger partial charge in [0.2, 0.25) is 0 Å². The normalized spacial score (nSPS) is 12.7. The maximum atomic E-state index is 11.4. The third kappa shape index (κ3) is 4.26. The molecule has 0 saturated heterocycles. The van der Waals surface area contributed by atoms with Gasteiger partial charge in [-0.15, -0.1) is 0 Å². The molecule has 1 N–H and O–H groups in total. The smallest absolute Gasteiger partial charge is 0.334 e. The summed E-state index contributed by atoms with van der Waals surface area (Å²) in [6, 6.07) is 0. The molecule has 0 amide bonds. The van der Waals surface area contributed by atoms with Crippen LogP contribution in [0.15, 0.2) is 0 Å². The number of alkyl halides is 1. The standard InChI is InChI=1S/C6H11FO3/c1-5(8)6(9)10-4-2-3-7/h5,8H,2-4H2,1H3/t5-/m0/s1. The highest BCUT2D eigenvalue weighted by molar-refractivity contribution is 5.73. The molecule has 0 spiro atoms. The average molecular weight is 150 g/mol. The van der Waals surface area contributed by atoms with Crippen molar-refractivity contribution >= 4 is 5.97 Å². The first-order valence-electron chi connectivity index (χ1n) is 3.09. The molecular weight excluding hydrogens is 139 g/mol. The molecular formula is C6H11FO3. The first-order valence-corrected chi connectivity index (χ1v) is 3.09. The Morgan fingerprint density at radius 1 is 1.80 bits per heavy atom. The van der Waals surface area contributed by atoms with E-state index in [2.05, 4.69) is 4.74 Å². The maximum absolute atomic E-state index is 11.4. The number of carbonyl (C=O) groups is 1. The fraction of sp³-hybridized carbons (Fsp3) is 0.833. The number of esters is 1. The van der Waals surface area contributed by atoms with Gasteiger partial charge in [0, 0.05) is 6.42 Å². The molecule has 0 aliphatic heterocycles. The van der Waals surface area contributed by atoms with Crippen molar-refractivity contribution in [2.24, 2.45) is 0 Å². The van der Waals surface area contributed by atoms with E-state index in [-0.39, 0.29) is 13.0 Å². The molecule has 3 nitrogen and oxygen atoms in total. The zero-order chi connectivity index (χ0) is 7.98. The van der Waals surface area contributed by atoms with E-state index in [0.29, 0.717) is 0 Å². The van der Waals surface area contributed by atoms with E-state index < -0.39 is 18.7 Å². The third-order valence-electron chi connectivity index (χ3n) is 0.863. The van der Waals surface area contributed by atoms with Gasteiger partial charge in [0.25, 0.3) is 0 Å². The van der Waals surface area contributed by atoms with Gasteiger partial charge in [-0.05, 0) is 6.92 Å². The maximum Gasteiger partial charge on any atom is 0.334 e. The monoisotopic (exact) mass is 150 g/mol. The molecule has 0 aromatic heterocycles. The van der Waals surface area contributed by atoms with Crippen LogP contribution in [-0.4, -0.2) is 30.5 Å². The predicted octanol–water partition coefficient (Wildman–Crippen LogP) is 0.270. The fourth-order valence-corrected chi connectivity index (χ4v) is 0.348. The lowest BCUT2D eigenvalue weighted by atomic mass is 10.4. The largest absolute Gasteiger partial charge is 0.464 e. The zero-order valence-corrected chi connectivity index (χ0v) is 5.84. The van der Waals surface area contributed by atoms with Crippen LogP contribution in [0.2, 0.25) is 0 Å². The number of rotatable bonds is 4. The molecule has 0 radical (unpaired) electrons. The van der Waals surface area contributed by atoms with Crippen LogP contribution < -0.4 is 0 Å². The third-order valence-corrected chi connectivity index (χ3v) is 0.863. The second-order valence-electron chi connectivity index (χ2n) is 1.89. The molecule has 4 heteroatoms. The minimum Gasteiger partial charge on any atom is -0.464 e. The highest BCUT2D eigenvalue weighted by atomic mass is 19.1. The molecule has 1 atom stereocenters. The summed E-state index contributed by atoms with van der Waals surface area (Å²) in [5, 5.41) is 8.55. The first-order chi connectivity index (χ1) is 4.68. The van der Waals surface area contributed by atoms with E-state index in [1.165, 1.54) is 6.92 Å². The number of halogens is 1. The lowest BCUT2D eigenvalue weighted by Gasteiger charge is -2.03. The summed E-state index contributed by atoms with van der Waals surface area (Å²) in [5.41, 5.74) is 0. The minimum atomic E-state index is -1.11. The van der Waals surface area contributed by atoms with Crippen LogP contribution in [0.3, 0.4) is 0 Å². The van der Waals surface area contributed by atoms with Gasteiger partial charge in [0.15, 0.2) is 0 Å². The van der Waals surface area contributed by atoms with E-state index >= 15 is 0 Å². The van der Waals surface area contributed by atoms with Gasteiger partial charge in [0.05, 0.1) is 13.3 Å². The van der Waals surface area contributed by atoms with Gasteiger partial charge in [-0.2, -0.15) is 0 Å². The summed E-state index contributed by atoms with van der Waals surface area (Å²) in [6.45, 7) is 0.838. The van der Waals surface area contributed by atoms with E-state index in [9.17, 15) is 9.18 Å². The number of hydrogen-bond donors (Lipinski definition) is 1. The molecule has 0 aromatic rings. The summed E-state index contributed by atoms with van der Waals surface area (Å²) in [6.07, 6.45) is -0.919. The average Bonchev–Trinajstić information content (AvgIpc) is 1.88. The van der Waals surface area contributed by atoms with E-state index in [4.69, 9.17) is 5.11 Å². The number of hydrogen-bond acceptors (Lipinski definition) is 3. The van der Waals surface area contributed by atoms with Gasteiger partial charge < -0.3 is 9.84 Å². The van der Waals surface area contributed by atoms with Crippen LogP contribution in [0.25, 0.3) is 0 Å². The summed E-state index contributed by atoms with van der Waals surface area (Å²) in [7, 11) is 0. The van der Waals surface area contributed by atoms with Crippen molar-refractivity contribution in [1.29, 1.82) is 0 Å². The van der Waals surface area contributed by atoms with E-state index in [1.807, 2.05) is 0 Å². The Kier molecular flexibility index (Phi) is 4.84. The predicted molar refractivity (Wildman–Crippen MR) is 33.2 cm³/mol. The highest BCUT2D eigenvalue weighted by Crippen LogP contribution is 1.89. The van der Waals surface area contributed by atoms with Crippen LogP contribution in [0.1, 0.15) is 13.3 Å². The summed E-state index contributed by atoms with van der Waals surface area (Å²) < 4.78 is 15.8. The second-order valence-corrected chi connectivity index (χ2v) is 1.89. The van der Waals surface area contributed by atoms with E-state index in [0.717, 1.165) is 0 Å². The quantitative estimate of drug-likeness (QED) is 0.462. The Balaban J connectivity index is 3.22. The topological polar surface area (TPSA) is 46.5 Å². The van der Waals surface area contributed by atoms with Gasteiger partial charge in [-0.3, -0.25) is 4.39 Å². The van der Waals surface area contributed by atoms with Crippen LogP contribution >= 0.6 is 0 Å². The first kappa shape index (κ1) is 9.36. The molecule has 0 aliphatic carbocycles. The van der Waals surface area contributed by atoms with Crippen molar-refractivity contribution in [2.45, 2.75) is 19.4 Å². The van der Waals surface area contributed by atoms with Crippen molar-refractivity contribution in [3.8, 4) is 0 Å². The Hall–Kier alpha value is -0.640. The number of carbonyl (C=O) groups excluding carboxylic acids is 1.